The van der Waals surface area contributed by atoms with Gasteiger partial charge in [0, 0.05) is 19.4 Å². The van der Waals surface area contributed by atoms with Gasteiger partial charge >= 0.3 is 0 Å². The lowest BCUT2D eigenvalue weighted by molar-refractivity contribution is 0.100. The summed E-state index contributed by atoms with van der Waals surface area (Å²) in [4.78, 5) is 11.0. The quantitative estimate of drug-likeness (QED) is 0.763. The van der Waals surface area contributed by atoms with Crippen LogP contribution in [-0.2, 0) is 6.42 Å². The van der Waals surface area contributed by atoms with Gasteiger partial charge in [0.15, 0.2) is 5.78 Å². The van der Waals surface area contributed by atoms with Crippen molar-refractivity contribution in [1.82, 2.24) is 10.5 Å². The zero-order chi connectivity index (χ0) is 10.7. The molecule has 1 atom stereocenters. The maximum atomic E-state index is 11.0. The van der Waals surface area contributed by atoms with Crippen molar-refractivity contribution in [2.75, 3.05) is 13.1 Å². The van der Waals surface area contributed by atoms with E-state index < -0.39 is 0 Å². The lowest BCUT2D eigenvalue weighted by Gasteiger charge is -2.21. The summed E-state index contributed by atoms with van der Waals surface area (Å²) < 4.78 is 5.13. The minimum absolute atomic E-state index is 0.0354. The molecule has 1 aromatic heterocycles. The summed E-state index contributed by atoms with van der Waals surface area (Å²) in [7, 11) is 0. The first-order valence-electron chi connectivity index (χ1n) is 5.43. The van der Waals surface area contributed by atoms with Crippen LogP contribution in [0.15, 0.2) is 10.6 Å². The smallest absolute Gasteiger partial charge is 0.181 e. The van der Waals surface area contributed by atoms with E-state index in [1.54, 1.807) is 6.07 Å². The fraction of sp³-hybridized carbons (Fsp3) is 0.636. The van der Waals surface area contributed by atoms with Gasteiger partial charge in [-0.2, -0.15) is 0 Å². The van der Waals surface area contributed by atoms with Crippen molar-refractivity contribution < 1.29 is 9.32 Å². The number of nitrogens with one attached hydrogen (secondary N) is 1. The summed E-state index contributed by atoms with van der Waals surface area (Å²) in [5.41, 5.74) is 0.439. The maximum absolute atomic E-state index is 11.0. The first-order chi connectivity index (χ1) is 7.25. The molecule has 0 aromatic carbocycles. The second kappa shape index (κ2) is 4.57. The third-order valence-electron chi connectivity index (χ3n) is 2.81. The van der Waals surface area contributed by atoms with Gasteiger partial charge in [-0.15, -0.1) is 0 Å². The maximum Gasteiger partial charge on any atom is 0.181 e. The summed E-state index contributed by atoms with van der Waals surface area (Å²) in [5.74, 6) is 1.41. The van der Waals surface area contributed by atoms with Crippen LogP contribution in [0, 0.1) is 5.92 Å². The van der Waals surface area contributed by atoms with Gasteiger partial charge in [-0.25, -0.2) is 0 Å². The van der Waals surface area contributed by atoms with Crippen LogP contribution in [-0.4, -0.2) is 24.0 Å². The predicted molar refractivity (Wildman–Crippen MR) is 55.8 cm³/mol. The minimum atomic E-state index is -0.0354. The normalized spacial score (nSPS) is 21.5. The van der Waals surface area contributed by atoms with E-state index in [2.05, 4.69) is 10.5 Å². The Kier molecular flexibility index (Phi) is 3.16. The standard InChI is InChI=1S/C11H16N2O2/c1-8(14)11-6-10(15-13-11)5-9-3-2-4-12-7-9/h6,9,12H,2-5,7H2,1H3. The van der Waals surface area contributed by atoms with Crippen molar-refractivity contribution in [2.24, 2.45) is 5.92 Å². The number of hydrogen-bond donors (Lipinski definition) is 1. The first-order valence-corrected chi connectivity index (χ1v) is 5.43. The van der Waals surface area contributed by atoms with Gasteiger partial charge in [0.05, 0.1) is 0 Å². The van der Waals surface area contributed by atoms with Crippen LogP contribution in [0.4, 0.5) is 0 Å². The van der Waals surface area contributed by atoms with Crippen molar-refractivity contribution >= 4 is 5.78 Å². The second-order valence-electron chi connectivity index (χ2n) is 4.15. The zero-order valence-corrected chi connectivity index (χ0v) is 8.95. The van der Waals surface area contributed by atoms with E-state index in [4.69, 9.17) is 4.52 Å². The molecule has 1 aromatic rings. The number of rotatable bonds is 3. The molecule has 1 saturated heterocycles. The molecule has 4 heteroatoms. The molecule has 2 rings (SSSR count). The van der Waals surface area contributed by atoms with Gasteiger partial charge in [0.2, 0.25) is 0 Å². The van der Waals surface area contributed by atoms with Gasteiger partial charge in [-0.05, 0) is 31.8 Å². The van der Waals surface area contributed by atoms with E-state index in [1.165, 1.54) is 19.8 Å². The molecule has 4 nitrogen and oxygen atoms in total. The highest BCUT2D eigenvalue weighted by molar-refractivity contribution is 5.91. The number of Topliss-reactive ketones (excluding diaryl/α,β-unsaturated/α-hetero) is 1. The van der Waals surface area contributed by atoms with Gasteiger partial charge in [0.25, 0.3) is 0 Å². The van der Waals surface area contributed by atoms with Crippen LogP contribution in [0.2, 0.25) is 0 Å². The van der Waals surface area contributed by atoms with Crippen molar-refractivity contribution in [3.63, 3.8) is 0 Å². The van der Waals surface area contributed by atoms with Gasteiger partial charge in [-0.1, -0.05) is 5.16 Å². The molecule has 15 heavy (non-hydrogen) atoms. The highest BCUT2D eigenvalue weighted by Gasteiger charge is 2.16. The Balaban J connectivity index is 1.94. The zero-order valence-electron chi connectivity index (χ0n) is 8.95. The Bertz CT molecular complexity index is 340. The predicted octanol–water partition coefficient (Wildman–Crippen LogP) is 1.42. The van der Waals surface area contributed by atoms with Crippen LogP contribution < -0.4 is 5.32 Å². The van der Waals surface area contributed by atoms with Gasteiger partial charge in [-0.3, -0.25) is 4.79 Å². The number of carbonyl (C=O) groups is 1. The van der Waals surface area contributed by atoms with Crippen molar-refractivity contribution in [3.8, 4) is 0 Å². The molecule has 0 spiro atoms. The largest absolute Gasteiger partial charge is 0.361 e. The monoisotopic (exact) mass is 208 g/mol. The van der Waals surface area contributed by atoms with Crippen molar-refractivity contribution in [1.29, 1.82) is 0 Å². The number of ketones is 1. The average molecular weight is 208 g/mol. The summed E-state index contributed by atoms with van der Waals surface area (Å²) in [6.45, 7) is 3.66. The van der Waals surface area contributed by atoms with E-state index in [1.807, 2.05) is 0 Å². The molecule has 82 valence electrons. The van der Waals surface area contributed by atoms with Crippen LogP contribution in [0.3, 0.4) is 0 Å². The number of piperidine rings is 1. The SMILES string of the molecule is CC(=O)c1cc(CC2CCCNC2)on1. The van der Waals surface area contributed by atoms with Gasteiger partial charge < -0.3 is 9.84 Å². The Morgan fingerprint density at radius 1 is 1.73 bits per heavy atom. The lowest BCUT2D eigenvalue weighted by Crippen LogP contribution is -2.30. The Hall–Kier alpha value is -1.16. The van der Waals surface area contributed by atoms with Crippen molar-refractivity contribution in [2.45, 2.75) is 26.2 Å². The summed E-state index contributed by atoms with van der Waals surface area (Å²) in [6.07, 6.45) is 3.33. The highest BCUT2D eigenvalue weighted by atomic mass is 16.5. The molecular weight excluding hydrogens is 192 g/mol. The molecule has 1 fully saturated rings. The van der Waals surface area contributed by atoms with E-state index in [0.717, 1.165) is 25.3 Å². The number of aromatic nitrogens is 1. The molecule has 0 radical (unpaired) electrons. The molecule has 0 amide bonds. The topological polar surface area (TPSA) is 55.1 Å². The molecule has 0 aliphatic carbocycles. The third-order valence-corrected chi connectivity index (χ3v) is 2.81. The summed E-state index contributed by atoms with van der Waals surface area (Å²) in [5, 5.41) is 7.09. The molecule has 0 saturated carbocycles. The van der Waals surface area contributed by atoms with E-state index >= 15 is 0 Å². The number of nitrogens with zero attached hydrogens (tertiary/aromatic N) is 1. The van der Waals surface area contributed by atoms with Crippen LogP contribution in [0.1, 0.15) is 36.0 Å². The second-order valence-corrected chi connectivity index (χ2v) is 4.15. The molecule has 1 N–H and O–H groups in total. The Morgan fingerprint density at radius 2 is 2.60 bits per heavy atom. The first kappa shape index (κ1) is 10.4. The van der Waals surface area contributed by atoms with E-state index in [9.17, 15) is 4.79 Å². The van der Waals surface area contributed by atoms with Gasteiger partial charge in [0.1, 0.15) is 11.5 Å². The van der Waals surface area contributed by atoms with Crippen LogP contribution >= 0.6 is 0 Å². The minimum Gasteiger partial charge on any atom is -0.361 e. The molecule has 0 bridgehead atoms. The average Bonchev–Trinajstić information content (AvgIpc) is 2.68. The fourth-order valence-electron chi connectivity index (χ4n) is 1.96. The number of hydrogen-bond acceptors (Lipinski definition) is 4. The van der Waals surface area contributed by atoms with Crippen LogP contribution in [0.25, 0.3) is 0 Å². The third kappa shape index (κ3) is 2.65. The molecule has 1 unspecified atom stereocenters. The van der Waals surface area contributed by atoms with E-state index in [-0.39, 0.29) is 5.78 Å². The summed E-state index contributed by atoms with van der Waals surface area (Å²) in [6, 6.07) is 1.76. The lowest BCUT2D eigenvalue weighted by atomic mass is 9.95. The fourth-order valence-corrected chi connectivity index (χ4v) is 1.96. The number of carbonyl (C=O) groups excluding carboxylic acids is 1. The van der Waals surface area contributed by atoms with E-state index in [0.29, 0.717) is 11.6 Å². The molecular formula is C11H16N2O2. The van der Waals surface area contributed by atoms with Crippen molar-refractivity contribution in [3.05, 3.63) is 17.5 Å². The molecule has 1 aliphatic rings. The molecule has 1 aliphatic heterocycles. The molecule has 2 heterocycles. The Morgan fingerprint density at radius 3 is 3.20 bits per heavy atom. The van der Waals surface area contributed by atoms with Crippen LogP contribution in [0.5, 0.6) is 0 Å². The highest BCUT2D eigenvalue weighted by Crippen LogP contribution is 2.17. The Labute approximate surface area is 89.0 Å². The summed E-state index contributed by atoms with van der Waals surface area (Å²) >= 11 is 0.